The molecule has 84 valence electrons. The summed E-state index contributed by atoms with van der Waals surface area (Å²) in [4.78, 5) is 22.8. The van der Waals surface area contributed by atoms with Gasteiger partial charge in [-0.25, -0.2) is 0 Å². The number of nitrogens with one attached hydrogen (secondary N) is 1. The fraction of sp³-hybridized carbons (Fsp3) is 0.333. The van der Waals surface area contributed by atoms with Crippen LogP contribution in [0.4, 0.5) is 0 Å². The highest BCUT2D eigenvalue weighted by Gasteiger charge is 2.41. The van der Waals surface area contributed by atoms with Crippen LogP contribution in [-0.2, 0) is 16.0 Å². The number of halogens is 1. The summed E-state index contributed by atoms with van der Waals surface area (Å²) in [5.41, 5.74) is 1.94. The molecule has 16 heavy (non-hydrogen) atoms. The van der Waals surface area contributed by atoms with Gasteiger partial charge in [0, 0.05) is 0 Å². The van der Waals surface area contributed by atoms with E-state index in [0.717, 1.165) is 17.5 Å². The molecule has 1 aromatic rings. The molecule has 3 nitrogen and oxygen atoms in total. The van der Waals surface area contributed by atoms with Crippen LogP contribution in [0.1, 0.15) is 24.0 Å². The van der Waals surface area contributed by atoms with Gasteiger partial charge in [-0.3, -0.25) is 14.9 Å². The molecule has 2 rings (SSSR count). The lowest BCUT2D eigenvalue weighted by Crippen LogP contribution is -2.22. The summed E-state index contributed by atoms with van der Waals surface area (Å²) in [6.07, 6.45) is 0.892. The van der Waals surface area contributed by atoms with Crippen molar-refractivity contribution in [3.63, 3.8) is 0 Å². The third-order valence-electron chi connectivity index (χ3n) is 2.79. The Labute approximate surface area is 98.8 Å². The molecule has 1 fully saturated rings. The standard InChI is InChI=1S/C12H12ClNO2/c1-2-7-4-3-5-8(6-7)9-10(13)12(16)14-11(9)15/h3-6,9-10H,2H2,1H3,(H,14,15,16). The normalized spacial score (nSPS) is 24.6. The molecule has 1 aromatic carbocycles. The van der Waals surface area contributed by atoms with Gasteiger partial charge >= 0.3 is 0 Å². The molecule has 1 heterocycles. The average Bonchev–Trinajstić information content (AvgIpc) is 2.53. The van der Waals surface area contributed by atoms with Crippen molar-refractivity contribution in [1.29, 1.82) is 0 Å². The minimum absolute atomic E-state index is 0.307. The first-order valence-corrected chi connectivity index (χ1v) is 5.64. The Morgan fingerprint density at radius 1 is 1.31 bits per heavy atom. The molecular weight excluding hydrogens is 226 g/mol. The molecule has 0 spiro atoms. The van der Waals surface area contributed by atoms with E-state index in [4.69, 9.17) is 11.6 Å². The highest BCUT2D eigenvalue weighted by Crippen LogP contribution is 2.29. The van der Waals surface area contributed by atoms with Crippen LogP contribution in [-0.4, -0.2) is 17.2 Å². The van der Waals surface area contributed by atoms with Crippen LogP contribution < -0.4 is 5.32 Å². The first kappa shape index (κ1) is 11.1. The van der Waals surface area contributed by atoms with Gasteiger partial charge in [0.1, 0.15) is 5.38 Å². The van der Waals surface area contributed by atoms with Crippen LogP contribution in [0.2, 0.25) is 0 Å². The van der Waals surface area contributed by atoms with Gasteiger partial charge in [-0.15, -0.1) is 11.6 Å². The number of alkyl halides is 1. The number of aryl methyl sites for hydroxylation is 1. The molecule has 1 N–H and O–H groups in total. The van der Waals surface area contributed by atoms with Crippen LogP contribution >= 0.6 is 11.6 Å². The molecule has 4 heteroatoms. The van der Waals surface area contributed by atoms with Crippen molar-refractivity contribution in [3.8, 4) is 0 Å². The summed E-state index contributed by atoms with van der Waals surface area (Å²) in [6, 6.07) is 7.63. The maximum Gasteiger partial charge on any atom is 0.245 e. The quantitative estimate of drug-likeness (QED) is 0.627. The first-order chi connectivity index (χ1) is 7.63. The van der Waals surface area contributed by atoms with E-state index in [1.807, 2.05) is 31.2 Å². The van der Waals surface area contributed by atoms with Crippen LogP contribution in [0.15, 0.2) is 24.3 Å². The predicted molar refractivity (Wildman–Crippen MR) is 61.4 cm³/mol. The van der Waals surface area contributed by atoms with Crippen molar-refractivity contribution < 1.29 is 9.59 Å². The van der Waals surface area contributed by atoms with Crippen molar-refractivity contribution >= 4 is 23.4 Å². The summed E-state index contributed by atoms with van der Waals surface area (Å²) in [6.45, 7) is 2.04. The average molecular weight is 238 g/mol. The number of carbonyl (C=O) groups excluding carboxylic acids is 2. The van der Waals surface area contributed by atoms with Gasteiger partial charge in [0.2, 0.25) is 11.8 Å². The SMILES string of the molecule is CCc1cccc(C2C(=O)NC(=O)C2Cl)c1. The second-order valence-electron chi connectivity index (χ2n) is 3.83. The zero-order valence-corrected chi connectivity index (χ0v) is 9.62. The molecule has 1 aliphatic heterocycles. The van der Waals surface area contributed by atoms with Gasteiger partial charge in [-0.1, -0.05) is 31.2 Å². The van der Waals surface area contributed by atoms with Crippen molar-refractivity contribution in [3.05, 3.63) is 35.4 Å². The maximum atomic E-state index is 11.6. The Balaban J connectivity index is 2.36. The third kappa shape index (κ3) is 1.83. The molecule has 0 aliphatic carbocycles. The van der Waals surface area contributed by atoms with Crippen molar-refractivity contribution in [2.24, 2.45) is 0 Å². The lowest BCUT2D eigenvalue weighted by Gasteiger charge is -2.10. The number of benzene rings is 1. The molecule has 0 saturated carbocycles. The maximum absolute atomic E-state index is 11.6. The molecule has 1 saturated heterocycles. The number of hydrogen-bond acceptors (Lipinski definition) is 2. The molecular formula is C12H12ClNO2. The Kier molecular flexibility index (Phi) is 2.97. The Morgan fingerprint density at radius 3 is 2.62 bits per heavy atom. The van der Waals surface area contributed by atoms with E-state index in [2.05, 4.69) is 5.32 Å². The molecule has 2 unspecified atom stereocenters. The second-order valence-corrected chi connectivity index (χ2v) is 4.30. The molecule has 0 aromatic heterocycles. The van der Waals surface area contributed by atoms with Crippen molar-refractivity contribution in [2.45, 2.75) is 24.6 Å². The van der Waals surface area contributed by atoms with Crippen LogP contribution in [0, 0.1) is 0 Å². The van der Waals surface area contributed by atoms with E-state index in [9.17, 15) is 9.59 Å². The number of amides is 2. The van der Waals surface area contributed by atoms with Crippen LogP contribution in [0.3, 0.4) is 0 Å². The van der Waals surface area contributed by atoms with E-state index in [-0.39, 0.29) is 5.91 Å². The van der Waals surface area contributed by atoms with Crippen molar-refractivity contribution in [2.75, 3.05) is 0 Å². The van der Waals surface area contributed by atoms with Crippen LogP contribution in [0.25, 0.3) is 0 Å². The zero-order valence-electron chi connectivity index (χ0n) is 8.87. The van der Waals surface area contributed by atoms with Gasteiger partial charge in [0.05, 0.1) is 5.92 Å². The number of hydrogen-bond donors (Lipinski definition) is 1. The Morgan fingerprint density at radius 2 is 2.06 bits per heavy atom. The lowest BCUT2D eigenvalue weighted by molar-refractivity contribution is -0.125. The highest BCUT2D eigenvalue weighted by molar-refractivity contribution is 6.37. The molecule has 2 atom stereocenters. The van der Waals surface area contributed by atoms with Gasteiger partial charge in [-0.05, 0) is 17.5 Å². The summed E-state index contributed by atoms with van der Waals surface area (Å²) in [7, 11) is 0. The number of rotatable bonds is 2. The topological polar surface area (TPSA) is 46.2 Å². The second kappa shape index (κ2) is 4.26. The predicted octanol–water partition coefficient (Wildman–Crippen LogP) is 1.60. The van der Waals surface area contributed by atoms with E-state index < -0.39 is 17.2 Å². The van der Waals surface area contributed by atoms with Crippen molar-refractivity contribution in [1.82, 2.24) is 5.32 Å². The minimum Gasteiger partial charge on any atom is -0.295 e. The lowest BCUT2D eigenvalue weighted by atomic mass is 9.95. The fourth-order valence-corrected chi connectivity index (χ4v) is 2.19. The largest absolute Gasteiger partial charge is 0.295 e. The molecule has 0 bridgehead atoms. The fourth-order valence-electron chi connectivity index (χ4n) is 1.88. The summed E-state index contributed by atoms with van der Waals surface area (Å²) < 4.78 is 0. The third-order valence-corrected chi connectivity index (χ3v) is 3.24. The van der Waals surface area contributed by atoms with Crippen LogP contribution in [0.5, 0.6) is 0 Å². The first-order valence-electron chi connectivity index (χ1n) is 5.21. The molecule has 0 radical (unpaired) electrons. The monoisotopic (exact) mass is 237 g/mol. The summed E-state index contributed by atoms with van der Waals surface area (Å²) in [5, 5.41) is 1.45. The smallest absolute Gasteiger partial charge is 0.245 e. The highest BCUT2D eigenvalue weighted by atomic mass is 35.5. The van der Waals surface area contributed by atoms with E-state index in [1.165, 1.54) is 0 Å². The van der Waals surface area contributed by atoms with E-state index in [0.29, 0.717) is 0 Å². The number of imide groups is 1. The summed E-state index contributed by atoms with van der Waals surface area (Å²) >= 11 is 5.92. The molecule has 1 aliphatic rings. The zero-order chi connectivity index (χ0) is 11.7. The van der Waals surface area contributed by atoms with E-state index in [1.54, 1.807) is 0 Å². The van der Waals surface area contributed by atoms with Gasteiger partial charge in [0.25, 0.3) is 0 Å². The van der Waals surface area contributed by atoms with E-state index >= 15 is 0 Å². The Bertz CT molecular complexity index is 444. The Hall–Kier alpha value is -1.35. The van der Waals surface area contributed by atoms with Gasteiger partial charge in [-0.2, -0.15) is 0 Å². The molecule has 2 amide bonds. The summed E-state index contributed by atoms with van der Waals surface area (Å²) in [5.74, 6) is -1.27. The minimum atomic E-state index is -0.792. The van der Waals surface area contributed by atoms with Gasteiger partial charge < -0.3 is 0 Å². The van der Waals surface area contributed by atoms with Gasteiger partial charge in [0.15, 0.2) is 0 Å². The number of carbonyl (C=O) groups is 2.